The maximum Gasteiger partial charge on any atom is 0.269 e. The van der Waals surface area contributed by atoms with Crippen LogP contribution in [0.1, 0.15) is 35.3 Å². The monoisotopic (exact) mass is 227 g/mol. The first-order valence-electron chi connectivity index (χ1n) is 5.35. The number of nitriles is 1. The highest BCUT2D eigenvalue weighted by atomic mass is 16.1. The van der Waals surface area contributed by atoms with E-state index in [2.05, 4.69) is 16.2 Å². The zero-order valence-corrected chi connectivity index (χ0v) is 9.44. The van der Waals surface area contributed by atoms with Crippen molar-refractivity contribution >= 4 is 5.91 Å². The van der Waals surface area contributed by atoms with Crippen LogP contribution in [0.15, 0.2) is 18.3 Å². The van der Waals surface area contributed by atoms with Crippen molar-refractivity contribution in [1.82, 2.24) is 10.3 Å². The van der Waals surface area contributed by atoms with Gasteiger partial charge in [0.25, 0.3) is 5.91 Å². The molecule has 0 aliphatic carbocycles. The summed E-state index contributed by atoms with van der Waals surface area (Å²) in [7, 11) is 0. The van der Waals surface area contributed by atoms with E-state index in [-0.39, 0.29) is 5.91 Å². The largest absolute Gasteiger partial charge is 0.351 e. The highest BCUT2D eigenvalue weighted by Crippen LogP contribution is 1.99. The summed E-state index contributed by atoms with van der Waals surface area (Å²) >= 11 is 0. The number of nitrogens with zero attached hydrogens (tertiary/aromatic N) is 2. The van der Waals surface area contributed by atoms with E-state index in [1.165, 1.54) is 12.3 Å². The molecule has 0 fully saturated rings. The average molecular weight is 227 g/mol. The molecule has 1 amide bonds. The van der Waals surface area contributed by atoms with Gasteiger partial charge in [0.05, 0.1) is 5.56 Å². The number of hydrogen-bond donors (Lipinski definition) is 1. The molecule has 0 aliphatic rings. The molecule has 4 heteroatoms. The van der Waals surface area contributed by atoms with Crippen LogP contribution >= 0.6 is 0 Å². The van der Waals surface area contributed by atoms with Crippen molar-refractivity contribution in [3.05, 3.63) is 29.6 Å². The smallest absolute Gasteiger partial charge is 0.269 e. The standard InChI is InChI=1S/C13H13N3O/c1-2-3-4-5-8-15-13(17)12-7-6-11(9-14)10-16-12/h1,6-7,10H,3-5,8H2,(H,15,17). The van der Waals surface area contributed by atoms with Crippen molar-refractivity contribution in [3.8, 4) is 18.4 Å². The van der Waals surface area contributed by atoms with E-state index in [1.54, 1.807) is 6.07 Å². The van der Waals surface area contributed by atoms with Crippen LogP contribution in [0.3, 0.4) is 0 Å². The molecule has 0 bridgehead atoms. The first kappa shape index (κ1) is 12.7. The number of pyridine rings is 1. The van der Waals surface area contributed by atoms with Crippen LogP contribution in [0.2, 0.25) is 0 Å². The predicted octanol–water partition coefficient (Wildman–Crippen LogP) is 1.49. The van der Waals surface area contributed by atoms with Crippen molar-refractivity contribution in [3.63, 3.8) is 0 Å². The van der Waals surface area contributed by atoms with Crippen molar-refractivity contribution in [2.75, 3.05) is 6.54 Å². The third-order valence-electron chi connectivity index (χ3n) is 2.16. The molecule has 1 heterocycles. The molecule has 0 aromatic carbocycles. The van der Waals surface area contributed by atoms with E-state index in [0.717, 1.165) is 19.3 Å². The molecule has 0 saturated carbocycles. The molecule has 1 rings (SSSR count). The highest BCUT2D eigenvalue weighted by Gasteiger charge is 2.05. The zero-order chi connectivity index (χ0) is 12.5. The van der Waals surface area contributed by atoms with E-state index in [9.17, 15) is 4.79 Å². The lowest BCUT2D eigenvalue weighted by Crippen LogP contribution is -2.25. The summed E-state index contributed by atoms with van der Waals surface area (Å²) < 4.78 is 0. The first-order valence-corrected chi connectivity index (χ1v) is 5.35. The van der Waals surface area contributed by atoms with Gasteiger partial charge in [-0.1, -0.05) is 0 Å². The minimum absolute atomic E-state index is 0.227. The van der Waals surface area contributed by atoms with Crippen LogP contribution in [0.5, 0.6) is 0 Å². The van der Waals surface area contributed by atoms with Gasteiger partial charge in [0.15, 0.2) is 0 Å². The average Bonchev–Trinajstić information content (AvgIpc) is 2.38. The van der Waals surface area contributed by atoms with E-state index in [1.807, 2.05) is 6.07 Å². The lowest BCUT2D eigenvalue weighted by Gasteiger charge is -2.03. The number of aromatic nitrogens is 1. The lowest BCUT2D eigenvalue weighted by molar-refractivity contribution is 0.0948. The SMILES string of the molecule is C#CCCCCNC(=O)c1ccc(C#N)cn1. The number of nitrogens with one attached hydrogen (secondary N) is 1. The lowest BCUT2D eigenvalue weighted by atomic mass is 10.2. The van der Waals surface area contributed by atoms with Gasteiger partial charge in [0, 0.05) is 19.2 Å². The topological polar surface area (TPSA) is 65.8 Å². The van der Waals surface area contributed by atoms with Gasteiger partial charge in [-0.25, -0.2) is 4.98 Å². The van der Waals surface area contributed by atoms with Gasteiger partial charge in [0.1, 0.15) is 11.8 Å². The van der Waals surface area contributed by atoms with Gasteiger partial charge in [-0.05, 0) is 25.0 Å². The Kier molecular flexibility index (Phi) is 5.27. The van der Waals surface area contributed by atoms with Gasteiger partial charge in [-0.3, -0.25) is 4.79 Å². The third-order valence-corrected chi connectivity index (χ3v) is 2.16. The molecule has 0 spiro atoms. The van der Waals surface area contributed by atoms with E-state index >= 15 is 0 Å². The summed E-state index contributed by atoms with van der Waals surface area (Å²) in [5, 5.41) is 11.3. The Hall–Kier alpha value is -2.33. The van der Waals surface area contributed by atoms with Gasteiger partial charge in [-0.15, -0.1) is 12.3 Å². The number of carbonyl (C=O) groups is 1. The summed E-state index contributed by atoms with van der Waals surface area (Å²) in [6.07, 6.45) is 8.98. The van der Waals surface area contributed by atoms with Gasteiger partial charge >= 0.3 is 0 Å². The molecule has 0 radical (unpaired) electrons. The number of unbranched alkanes of at least 4 members (excludes halogenated alkanes) is 2. The Morgan fingerprint density at radius 2 is 2.29 bits per heavy atom. The maximum atomic E-state index is 11.6. The number of carbonyl (C=O) groups excluding carboxylic acids is 1. The Morgan fingerprint density at radius 3 is 2.88 bits per heavy atom. The summed E-state index contributed by atoms with van der Waals surface area (Å²) in [6, 6.07) is 5.05. The number of amides is 1. The predicted molar refractivity (Wildman–Crippen MR) is 64.0 cm³/mol. The number of rotatable bonds is 5. The van der Waals surface area contributed by atoms with E-state index in [0.29, 0.717) is 17.8 Å². The van der Waals surface area contributed by atoms with Crippen molar-refractivity contribution in [1.29, 1.82) is 5.26 Å². The van der Waals surface area contributed by atoms with Crippen LogP contribution in [-0.4, -0.2) is 17.4 Å². The Labute approximate surface area is 101 Å². The second kappa shape index (κ2) is 7.03. The summed E-state index contributed by atoms with van der Waals surface area (Å²) in [5.74, 6) is 2.32. The summed E-state index contributed by atoms with van der Waals surface area (Å²) in [5.41, 5.74) is 0.761. The molecule has 86 valence electrons. The molecule has 0 unspecified atom stereocenters. The Bertz CT molecular complexity index is 451. The maximum absolute atomic E-state index is 11.6. The van der Waals surface area contributed by atoms with Crippen molar-refractivity contribution in [2.45, 2.75) is 19.3 Å². The minimum atomic E-state index is -0.227. The van der Waals surface area contributed by atoms with Crippen LogP contribution in [0.25, 0.3) is 0 Å². The Morgan fingerprint density at radius 1 is 1.47 bits per heavy atom. The number of hydrogen-bond acceptors (Lipinski definition) is 3. The van der Waals surface area contributed by atoms with Gasteiger partial charge < -0.3 is 5.32 Å². The minimum Gasteiger partial charge on any atom is -0.351 e. The van der Waals surface area contributed by atoms with Crippen molar-refractivity contribution < 1.29 is 4.79 Å². The van der Waals surface area contributed by atoms with Crippen LogP contribution < -0.4 is 5.32 Å². The third kappa shape index (κ3) is 4.36. The molecule has 0 aliphatic heterocycles. The fourth-order valence-corrected chi connectivity index (χ4v) is 1.24. The fraction of sp³-hybridized carbons (Fsp3) is 0.308. The van der Waals surface area contributed by atoms with Gasteiger partial charge in [-0.2, -0.15) is 5.26 Å². The fourth-order valence-electron chi connectivity index (χ4n) is 1.24. The molecular weight excluding hydrogens is 214 g/mol. The highest BCUT2D eigenvalue weighted by molar-refractivity contribution is 5.92. The van der Waals surface area contributed by atoms with Crippen LogP contribution in [0.4, 0.5) is 0 Å². The molecule has 4 nitrogen and oxygen atoms in total. The molecule has 1 N–H and O–H groups in total. The van der Waals surface area contributed by atoms with Crippen LogP contribution in [-0.2, 0) is 0 Å². The molecular formula is C13H13N3O. The quantitative estimate of drug-likeness (QED) is 0.612. The molecule has 0 atom stereocenters. The van der Waals surface area contributed by atoms with Crippen molar-refractivity contribution in [2.24, 2.45) is 0 Å². The molecule has 1 aromatic heterocycles. The zero-order valence-electron chi connectivity index (χ0n) is 9.44. The van der Waals surface area contributed by atoms with E-state index in [4.69, 9.17) is 11.7 Å². The molecule has 0 saturated heterocycles. The Balaban J connectivity index is 2.37. The van der Waals surface area contributed by atoms with E-state index < -0.39 is 0 Å². The second-order valence-electron chi connectivity index (χ2n) is 3.46. The second-order valence-corrected chi connectivity index (χ2v) is 3.46. The number of terminal acetylenes is 1. The summed E-state index contributed by atoms with van der Waals surface area (Å²) in [6.45, 7) is 0.586. The first-order chi connectivity index (χ1) is 8.27. The molecule has 17 heavy (non-hydrogen) atoms. The van der Waals surface area contributed by atoms with Gasteiger partial charge in [0.2, 0.25) is 0 Å². The summed E-state index contributed by atoms with van der Waals surface area (Å²) in [4.78, 5) is 15.5. The van der Waals surface area contributed by atoms with Crippen LogP contribution in [0, 0.1) is 23.7 Å². The molecule has 1 aromatic rings. The normalized spacial score (nSPS) is 9.06.